The van der Waals surface area contributed by atoms with Gasteiger partial charge in [-0.15, -0.1) is 11.8 Å². The third kappa shape index (κ3) is 3.83. The second-order valence-electron chi connectivity index (χ2n) is 6.38. The summed E-state index contributed by atoms with van der Waals surface area (Å²) in [6, 6.07) is 8.00. The third-order valence-electron chi connectivity index (χ3n) is 4.73. The number of amides is 1. The molecule has 1 atom stereocenters. The van der Waals surface area contributed by atoms with Gasteiger partial charge in [-0.3, -0.25) is 4.79 Å². The summed E-state index contributed by atoms with van der Waals surface area (Å²) in [5.74, 6) is 1.21. The summed E-state index contributed by atoms with van der Waals surface area (Å²) in [5, 5.41) is 9.95. The summed E-state index contributed by atoms with van der Waals surface area (Å²) in [4.78, 5) is 17.0. The minimum Gasteiger partial charge on any atom is -0.393 e. The van der Waals surface area contributed by atoms with Crippen LogP contribution in [0.25, 0.3) is 0 Å². The van der Waals surface area contributed by atoms with Crippen molar-refractivity contribution in [1.82, 2.24) is 4.90 Å². The normalized spacial score (nSPS) is 22.6. The van der Waals surface area contributed by atoms with Gasteiger partial charge in [-0.05, 0) is 43.5 Å². The largest absolute Gasteiger partial charge is 0.393 e. The molecule has 0 aromatic heterocycles. The molecule has 0 unspecified atom stereocenters. The number of hydrogen-bond donors (Lipinski definition) is 1. The summed E-state index contributed by atoms with van der Waals surface area (Å²) in [6.45, 7) is 4.80. The van der Waals surface area contributed by atoms with Crippen molar-refractivity contribution in [3.05, 3.63) is 29.8 Å². The Morgan fingerprint density at radius 1 is 1.22 bits per heavy atom. The zero-order valence-electron chi connectivity index (χ0n) is 13.8. The van der Waals surface area contributed by atoms with Crippen LogP contribution in [0.2, 0.25) is 0 Å². The van der Waals surface area contributed by atoms with E-state index < -0.39 is 0 Å². The number of nitrogens with zero attached hydrogens (tertiary/aromatic N) is 2. The van der Waals surface area contributed by atoms with Gasteiger partial charge in [0.15, 0.2) is 0 Å². The first-order valence-corrected chi connectivity index (χ1v) is 9.69. The Labute approximate surface area is 142 Å². The van der Waals surface area contributed by atoms with Crippen molar-refractivity contribution in [2.24, 2.45) is 0 Å². The van der Waals surface area contributed by atoms with E-state index in [1.807, 2.05) is 40.9 Å². The van der Waals surface area contributed by atoms with Gasteiger partial charge < -0.3 is 14.9 Å². The molecule has 3 rings (SSSR count). The lowest BCUT2D eigenvalue weighted by molar-refractivity contribution is 0.0756. The lowest BCUT2D eigenvalue weighted by Crippen LogP contribution is -2.36. The SMILES string of the molecule is CCC[C@H]1SCCN1C(=O)c1ccc(N2CCC(O)CC2)cc1. The number of anilines is 1. The molecule has 2 fully saturated rings. The zero-order valence-corrected chi connectivity index (χ0v) is 14.6. The summed E-state index contributed by atoms with van der Waals surface area (Å²) < 4.78 is 0. The average Bonchev–Trinajstić information content (AvgIpc) is 3.04. The standard InChI is InChI=1S/C18H26N2O2S/c1-2-3-17-20(12-13-23-17)18(22)14-4-6-15(7-5-14)19-10-8-16(21)9-11-19/h4-7,16-17,21H,2-3,8-13H2,1H3/t17-/m1/s1. The number of aliphatic hydroxyl groups is 1. The van der Waals surface area contributed by atoms with E-state index in [4.69, 9.17) is 0 Å². The fourth-order valence-electron chi connectivity index (χ4n) is 3.34. The number of rotatable bonds is 4. The number of aliphatic hydroxyl groups excluding tert-OH is 1. The van der Waals surface area contributed by atoms with E-state index in [2.05, 4.69) is 11.8 Å². The van der Waals surface area contributed by atoms with Crippen LogP contribution in [0.3, 0.4) is 0 Å². The molecule has 4 nitrogen and oxygen atoms in total. The van der Waals surface area contributed by atoms with Gasteiger partial charge in [0.05, 0.1) is 11.5 Å². The predicted octanol–water partition coefficient (Wildman–Crippen LogP) is 2.96. The first kappa shape index (κ1) is 16.7. The quantitative estimate of drug-likeness (QED) is 0.919. The number of piperidine rings is 1. The number of hydrogen-bond acceptors (Lipinski definition) is 4. The van der Waals surface area contributed by atoms with Gasteiger partial charge in [0, 0.05) is 36.6 Å². The summed E-state index contributed by atoms with van der Waals surface area (Å²) in [6.07, 6.45) is 3.68. The molecule has 2 saturated heterocycles. The average molecular weight is 334 g/mol. The van der Waals surface area contributed by atoms with Crippen LogP contribution >= 0.6 is 11.8 Å². The topological polar surface area (TPSA) is 43.8 Å². The molecular formula is C18H26N2O2S. The predicted molar refractivity (Wildman–Crippen MR) is 96.1 cm³/mol. The molecular weight excluding hydrogens is 308 g/mol. The van der Waals surface area contributed by atoms with Crippen LogP contribution in [-0.2, 0) is 0 Å². The Hall–Kier alpha value is -1.20. The Morgan fingerprint density at radius 2 is 1.91 bits per heavy atom. The lowest BCUT2D eigenvalue weighted by Gasteiger charge is -2.31. The van der Waals surface area contributed by atoms with E-state index >= 15 is 0 Å². The number of carbonyl (C=O) groups is 1. The Kier molecular flexibility index (Phi) is 5.49. The molecule has 1 aromatic carbocycles. The fraction of sp³-hybridized carbons (Fsp3) is 0.611. The Morgan fingerprint density at radius 3 is 2.57 bits per heavy atom. The maximum Gasteiger partial charge on any atom is 0.254 e. The Bertz CT molecular complexity index is 526. The molecule has 0 saturated carbocycles. The molecule has 0 bridgehead atoms. The fourth-order valence-corrected chi connectivity index (χ4v) is 4.70. The van der Waals surface area contributed by atoms with Gasteiger partial charge >= 0.3 is 0 Å². The monoisotopic (exact) mass is 334 g/mol. The molecule has 2 heterocycles. The molecule has 0 spiro atoms. The van der Waals surface area contributed by atoms with Crippen LogP contribution in [-0.4, -0.2) is 52.8 Å². The highest BCUT2D eigenvalue weighted by atomic mass is 32.2. The smallest absolute Gasteiger partial charge is 0.254 e. The molecule has 126 valence electrons. The van der Waals surface area contributed by atoms with Crippen molar-refractivity contribution in [2.75, 3.05) is 30.3 Å². The lowest BCUT2D eigenvalue weighted by atomic mass is 10.1. The Balaban J connectivity index is 1.66. The van der Waals surface area contributed by atoms with E-state index in [-0.39, 0.29) is 12.0 Å². The van der Waals surface area contributed by atoms with Crippen molar-refractivity contribution in [1.29, 1.82) is 0 Å². The van der Waals surface area contributed by atoms with Crippen molar-refractivity contribution in [2.45, 2.75) is 44.1 Å². The second kappa shape index (κ2) is 7.58. The highest BCUT2D eigenvalue weighted by Gasteiger charge is 2.29. The minimum atomic E-state index is -0.157. The number of benzene rings is 1. The molecule has 5 heteroatoms. The second-order valence-corrected chi connectivity index (χ2v) is 7.66. The van der Waals surface area contributed by atoms with Crippen LogP contribution < -0.4 is 4.90 Å². The molecule has 0 radical (unpaired) electrons. The van der Waals surface area contributed by atoms with Gasteiger partial charge in [0.25, 0.3) is 5.91 Å². The van der Waals surface area contributed by atoms with Gasteiger partial charge in [-0.1, -0.05) is 13.3 Å². The molecule has 0 aliphatic carbocycles. The van der Waals surface area contributed by atoms with E-state index in [1.165, 1.54) is 0 Å². The van der Waals surface area contributed by atoms with Gasteiger partial charge in [0.2, 0.25) is 0 Å². The number of thioether (sulfide) groups is 1. The highest BCUT2D eigenvalue weighted by Crippen LogP contribution is 2.29. The van der Waals surface area contributed by atoms with Crippen molar-refractivity contribution < 1.29 is 9.90 Å². The zero-order chi connectivity index (χ0) is 16.2. The van der Waals surface area contributed by atoms with Crippen molar-refractivity contribution in [3.63, 3.8) is 0 Å². The first-order valence-electron chi connectivity index (χ1n) is 8.64. The molecule has 23 heavy (non-hydrogen) atoms. The number of carbonyl (C=O) groups excluding carboxylic acids is 1. The summed E-state index contributed by atoms with van der Waals surface area (Å²) in [7, 11) is 0. The van der Waals surface area contributed by atoms with Crippen molar-refractivity contribution >= 4 is 23.4 Å². The molecule has 2 aliphatic rings. The first-order chi connectivity index (χ1) is 11.2. The minimum absolute atomic E-state index is 0.157. The third-order valence-corrected chi connectivity index (χ3v) is 6.02. The van der Waals surface area contributed by atoms with Crippen LogP contribution in [0.5, 0.6) is 0 Å². The van der Waals surface area contributed by atoms with E-state index in [1.54, 1.807) is 0 Å². The van der Waals surface area contributed by atoms with Crippen molar-refractivity contribution in [3.8, 4) is 0 Å². The summed E-state index contributed by atoms with van der Waals surface area (Å²) >= 11 is 1.90. The maximum absolute atomic E-state index is 12.7. The van der Waals surface area contributed by atoms with Crippen LogP contribution in [0.1, 0.15) is 43.0 Å². The highest BCUT2D eigenvalue weighted by molar-refractivity contribution is 8.00. The van der Waals surface area contributed by atoms with Crippen LogP contribution in [0.15, 0.2) is 24.3 Å². The molecule has 1 amide bonds. The maximum atomic E-state index is 12.7. The summed E-state index contributed by atoms with van der Waals surface area (Å²) in [5.41, 5.74) is 1.93. The molecule has 1 aromatic rings. The van der Waals surface area contributed by atoms with Gasteiger partial charge in [-0.25, -0.2) is 0 Å². The van der Waals surface area contributed by atoms with Gasteiger partial charge in [0.1, 0.15) is 0 Å². The van der Waals surface area contributed by atoms with E-state index in [9.17, 15) is 9.90 Å². The molecule has 2 aliphatic heterocycles. The van der Waals surface area contributed by atoms with Crippen LogP contribution in [0.4, 0.5) is 5.69 Å². The van der Waals surface area contributed by atoms with E-state index in [0.717, 1.165) is 62.3 Å². The van der Waals surface area contributed by atoms with Crippen LogP contribution in [0, 0.1) is 0 Å². The van der Waals surface area contributed by atoms with E-state index in [0.29, 0.717) is 5.37 Å². The molecule has 1 N–H and O–H groups in total. The van der Waals surface area contributed by atoms with Gasteiger partial charge in [-0.2, -0.15) is 0 Å².